The Morgan fingerprint density at radius 3 is 2.27 bits per heavy atom. The third-order valence-electron chi connectivity index (χ3n) is 1.97. The molecule has 0 heterocycles. The van der Waals surface area contributed by atoms with E-state index in [0.717, 1.165) is 6.07 Å². The van der Waals surface area contributed by atoms with Crippen LogP contribution in [0, 0.1) is 6.92 Å². The highest BCUT2D eigenvalue weighted by atomic mass is 19.3. The van der Waals surface area contributed by atoms with Crippen LogP contribution in [0.2, 0.25) is 0 Å². The van der Waals surface area contributed by atoms with Crippen LogP contribution in [0.5, 0.6) is 0 Å². The van der Waals surface area contributed by atoms with Gasteiger partial charge in [-0.15, -0.1) is 0 Å². The van der Waals surface area contributed by atoms with Crippen LogP contribution in [-0.2, 0) is 0 Å². The Labute approximate surface area is 83.7 Å². The van der Waals surface area contributed by atoms with Gasteiger partial charge in [0.1, 0.15) is 0 Å². The van der Waals surface area contributed by atoms with Crippen molar-refractivity contribution in [1.82, 2.24) is 0 Å². The Kier molecular flexibility index (Phi) is 3.12. The predicted octanol–water partition coefficient (Wildman–Crippen LogP) is 3.08. The van der Waals surface area contributed by atoms with E-state index in [2.05, 4.69) is 0 Å². The molecule has 82 valence electrons. The molecule has 1 nitrogen and oxygen atoms in total. The summed E-state index contributed by atoms with van der Waals surface area (Å²) in [5.41, 5.74) is -0.120. The SMILES string of the molecule is Cc1ccccc1C(=O)C(F)(F)C(F)F. The number of carbonyl (C=O) groups is 1. The van der Waals surface area contributed by atoms with Crippen LogP contribution in [0.3, 0.4) is 0 Å². The normalized spacial score (nSPS) is 11.9. The van der Waals surface area contributed by atoms with Crippen molar-refractivity contribution in [2.24, 2.45) is 0 Å². The molecule has 1 aromatic rings. The summed E-state index contributed by atoms with van der Waals surface area (Å²) in [6.45, 7) is 1.41. The zero-order valence-electron chi connectivity index (χ0n) is 7.81. The lowest BCUT2D eigenvalue weighted by molar-refractivity contribution is -0.0958. The first-order valence-corrected chi connectivity index (χ1v) is 4.13. The van der Waals surface area contributed by atoms with Gasteiger partial charge in [-0.05, 0) is 12.5 Å². The van der Waals surface area contributed by atoms with Gasteiger partial charge in [0.05, 0.1) is 0 Å². The number of hydrogen-bond acceptors (Lipinski definition) is 1. The van der Waals surface area contributed by atoms with Crippen LogP contribution in [-0.4, -0.2) is 18.1 Å². The standard InChI is InChI=1S/C10H8F4O/c1-6-4-2-3-5-7(6)8(15)10(13,14)9(11)12/h2-5,9H,1H3. The summed E-state index contributed by atoms with van der Waals surface area (Å²) in [6, 6.07) is 5.40. The fraction of sp³-hybridized carbons (Fsp3) is 0.300. The number of hydrogen-bond donors (Lipinski definition) is 0. The number of benzene rings is 1. The maximum Gasteiger partial charge on any atom is 0.368 e. The van der Waals surface area contributed by atoms with E-state index in [1.165, 1.54) is 25.1 Å². The first-order valence-electron chi connectivity index (χ1n) is 4.13. The molecule has 0 amide bonds. The van der Waals surface area contributed by atoms with Crippen molar-refractivity contribution < 1.29 is 22.4 Å². The molecule has 0 N–H and O–H groups in total. The maximum absolute atomic E-state index is 12.7. The third kappa shape index (κ3) is 2.16. The van der Waals surface area contributed by atoms with E-state index in [4.69, 9.17) is 0 Å². The van der Waals surface area contributed by atoms with Crippen LogP contribution in [0.4, 0.5) is 17.6 Å². The van der Waals surface area contributed by atoms with Gasteiger partial charge in [0.25, 0.3) is 0 Å². The molecule has 0 aliphatic heterocycles. The van der Waals surface area contributed by atoms with E-state index < -0.39 is 18.1 Å². The Morgan fingerprint density at radius 1 is 1.27 bits per heavy atom. The maximum atomic E-state index is 12.7. The van der Waals surface area contributed by atoms with Crippen LogP contribution in [0.25, 0.3) is 0 Å². The van der Waals surface area contributed by atoms with Gasteiger partial charge >= 0.3 is 12.3 Å². The molecular formula is C10H8F4O. The molecule has 0 aliphatic carbocycles. The highest BCUT2D eigenvalue weighted by Crippen LogP contribution is 2.28. The number of rotatable bonds is 3. The number of aryl methyl sites for hydroxylation is 1. The lowest BCUT2D eigenvalue weighted by Crippen LogP contribution is -2.36. The molecule has 5 heteroatoms. The minimum atomic E-state index is -4.62. The summed E-state index contributed by atoms with van der Waals surface area (Å²) in [5.74, 6) is -6.46. The summed E-state index contributed by atoms with van der Waals surface area (Å²) in [4.78, 5) is 11.1. The molecule has 0 spiro atoms. The van der Waals surface area contributed by atoms with E-state index in [9.17, 15) is 22.4 Å². The van der Waals surface area contributed by atoms with Crippen LogP contribution in [0.1, 0.15) is 15.9 Å². The van der Waals surface area contributed by atoms with Gasteiger partial charge in [-0.2, -0.15) is 8.78 Å². The van der Waals surface area contributed by atoms with Crippen LogP contribution in [0.15, 0.2) is 24.3 Å². The van der Waals surface area contributed by atoms with Crippen molar-refractivity contribution in [2.45, 2.75) is 19.3 Å². The zero-order valence-corrected chi connectivity index (χ0v) is 7.81. The van der Waals surface area contributed by atoms with Gasteiger partial charge in [0.15, 0.2) is 0 Å². The zero-order chi connectivity index (χ0) is 11.6. The van der Waals surface area contributed by atoms with Gasteiger partial charge in [0, 0.05) is 5.56 Å². The highest BCUT2D eigenvalue weighted by Gasteiger charge is 2.49. The lowest BCUT2D eigenvalue weighted by Gasteiger charge is -2.14. The molecule has 15 heavy (non-hydrogen) atoms. The Balaban J connectivity index is 3.11. The first kappa shape index (κ1) is 11.7. The van der Waals surface area contributed by atoms with E-state index in [1.54, 1.807) is 0 Å². The van der Waals surface area contributed by atoms with Crippen LogP contribution < -0.4 is 0 Å². The van der Waals surface area contributed by atoms with Crippen molar-refractivity contribution in [3.05, 3.63) is 35.4 Å². The largest absolute Gasteiger partial charge is 0.368 e. The second-order valence-corrected chi connectivity index (χ2v) is 3.07. The number of ketones is 1. The van der Waals surface area contributed by atoms with Gasteiger partial charge in [-0.3, -0.25) is 4.79 Å². The van der Waals surface area contributed by atoms with E-state index >= 15 is 0 Å². The number of alkyl halides is 4. The average molecular weight is 220 g/mol. The minimum absolute atomic E-state index is 0.253. The Hall–Kier alpha value is -1.39. The van der Waals surface area contributed by atoms with Gasteiger partial charge in [-0.25, -0.2) is 8.78 Å². The summed E-state index contributed by atoms with van der Waals surface area (Å²) < 4.78 is 49.2. The number of Topliss-reactive ketones (excluding diaryl/α,β-unsaturated/α-hetero) is 1. The van der Waals surface area contributed by atoms with E-state index in [-0.39, 0.29) is 11.1 Å². The summed E-state index contributed by atoms with van der Waals surface area (Å²) >= 11 is 0. The fourth-order valence-corrected chi connectivity index (χ4v) is 1.11. The summed E-state index contributed by atoms with van der Waals surface area (Å²) in [6.07, 6.45) is -3.98. The summed E-state index contributed by atoms with van der Waals surface area (Å²) in [7, 11) is 0. The van der Waals surface area contributed by atoms with Crippen molar-refractivity contribution in [3.63, 3.8) is 0 Å². The molecule has 0 aliphatic rings. The molecule has 0 unspecified atom stereocenters. The average Bonchev–Trinajstić information content (AvgIpc) is 2.17. The molecule has 0 radical (unpaired) electrons. The van der Waals surface area contributed by atoms with E-state index in [1.807, 2.05) is 0 Å². The van der Waals surface area contributed by atoms with Crippen LogP contribution >= 0.6 is 0 Å². The molecule has 0 fully saturated rings. The molecule has 0 bridgehead atoms. The Morgan fingerprint density at radius 2 is 1.80 bits per heavy atom. The van der Waals surface area contributed by atoms with Crippen molar-refractivity contribution in [3.8, 4) is 0 Å². The second-order valence-electron chi connectivity index (χ2n) is 3.07. The van der Waals surface area contributed by atoms with E-state index in [0.29, 0.717) is 0 Å². The molecule has 0 saturated carbocycles. The molecule has 0 saturated heterocycles. The molecular weight excluding hydrogens is 212 g/mol. The molecule has 0 aromatic heterocycles. The topological polar surface area (TPSA) is 17.1 Å². The van der Waals surface area contributed by atoms with Gasteiger partial charge in [-0.1, -0.05) is 24.3 Å². The molecule has 1 aromatic carbocycles. The number of carbonyl (C=O) groups excluding carboxylic acids is 1. The quantitative estimate of drug-likeness (QED) is 0.565. The smallest absolute Gasteiger partial charge is 0.287 e. The fourth-order valence-electron chi connectivity index (χ4n) is 1.11. The molecule has 1 rings (SSSR count). The first-order chi connectivity index (χ1) is 6.87. The third-order valence-corrected chi connectivity index (χ3v) is 1.97. The lowest BCUT2D eigenvalue weighted by atomic mass is 10.0. The summed E-state index contributed by atoms with van der Waals surface area (Å²) in [5, 5.41) is 0. The monoisotopic (exact) mass is 220 g/mol. The van der Waals surface area contributed by atoms with Gasteiger partial charge < -0.3 is 0 Å². The Bertz CT molecular complexity index is 373. The predicted molar refractivity (Wildman–Crippen MR) is 46.5 cm³/mol. The molecule has 0 atom stereocenters. The number of halogens is 4. The van der Waals surface area contributed by atoms with Gasteiger partial charge in [0.2, 0.25) is 5.78 Å². The van der Waals surface area contributed by atoms with Crippen molar-refractivity contribution in [1.29, 1.82) is 0 Å². The van der Waals surface area contributed by atoms with Crippen molar-refractivity contribution in [2.75, 3.05) is 0 Å². The second kappa shape index (κ2) is 4.00. The minimum Gasteiger partial charge on any atom is -0.287 e. The van der Waals surface area contributed by atoms with Crippen molar-refractivity contribution >= 4 is 5.78 Å². The highest BCUT2D eigenvalue weighted by molar-refractivity contribution is 6.02.